The van der Waals surface area contributed by atoms with Crippen LogP contribution in [0.1, 0.15) is 40.1 Å². The quantitative estimate of drug-likeness (QED) is 0.543. The van der Waals surface area contributed by atoms with Crippen LogP contribution < -0.4 is 9.47 Å². The van der Waals surface area contributed by atoms with Crippen LogP contribution in [0.4, 0.5) is 0 Å². The molecule has 3 amide bonds. The van der Waals surface area contributed by atoms with Crippen LogP contribution in [0.5, 0.6) is 11.5 Å². The summed E-state index contributed by atoms with van der Waals surface area (Å²) in [4.78, 5) is 41.8. The van der Waals surface area contributed by atoms with Crippen LogP contribution in [-0.4, -0.2) is 53.8 Å². The van der Waals surface area contributed by atoms with Crippen molar-refractivity contribution in [1.29, 1.82) is 0 Å². The predicted octanol–water partition coefficient (Wildman–Crippen LogP) is 2.74. The molecule has 2 aliphatic heterocycles. The number of likely N-dealkylation sites (tertiary alicyclic amines) is 1. The van der Waals surface area contributed by atoms with Crippen molar-refractivity contribution in [3.05, 3.63) is 59.2 Å². The summed E-state index contributed by atoms with van der Waals surface area (Å²) in [5.74, 6) is 0.300. The highest BCUT2D eigenvalue weighted by atomic mass is 16.5. The maximum atomic E-state index is 13.1. The summed E-state index contributed by atoms with van der Waals surface area (Å²) in [7, 11) is 3.15. The van der Waals surface area contributed by atoms with Crippen LogP contribution in [0, 0.1) is 5.92 Å². The van der Waals surface area contributed by atoms with Crippen LogP contribution in [0.3, 0.4) is 0 Å². The highest BCUT2D eigenvalue weighted by Gasteiger charge is 2.56. The number of amides is 3. The zero-order valence-corrected chi connectivity index (χ0v) is 17.4. The Morgan fingerprint density at radius 3 is 2.10 bits per heavy atom. The van der Waals surface area contributed by atoms with Gasteiger partial charge in [-0.05, 0) is 30.2 Å². The molecule has 1 saturated heterocycles. The van der Waals surface area contributed by atoms with E-state index in [1.54, 1.807) is 49.5 Å². The monoisotopic (exact) mass is 408 g/mol. The number of hydrogen-bond acceptors (Lipinski definition) is 5. The number of β-lactam (4-membered cyclic amide) rings is 1. The summed E-state index contributed by atoms with van der Waals surface area (Å²) < 4.78 is 10.7. The van der Waals surface area contributed by atoms with Gasteiger partial charge in [0, 0.05) is 18.2 Å². The fraction of sp³-hybridized carbons (Fsp3) is 0.348. The van der Waals surface area contributed by atoms with Gasteiger partial charge >= 0.3 is 0 Å². The van der Waals surface area contributed by atoms with E-state index in [1.165, 1.54) is 0 Å². The Hall–Kier alpha value is -3.35. The molecule has 0 bridgehead atoms. The number of hydrogen-bond donors (Lipinski definition) is 0. The second kappa shape index (κ2) is 7.48. The lowest BCUT2D eigenvalue weighted by Crippen LogP contribution is -2.72. The van der Waals surface area contributed by atoms with Gasteiger partial charge in [-0.15, -0.1) is 0 Å². The maximum Gasteiger partial charge on any atom is 0.262 e. The number of imide groups is 1. The van der Waals surface area contributed by atoms with Crippen LogP contribution >= 0.6 is 0 Å². The Morgan fingerprint density at radius 1 is 0.933 bits per heavy atom. The van der Waals surface area contributed by atoms with Crippen LogP contribution in [0.15, 0.2) is 42.5 Å². The Morgan fingerprint density at radius 2 is 1.57 bits per heavy atom. The molecule has 0 N–H and O–H groups in total. The summed E-state index contributed by atoms with van der Waals surface area (Å²) in [5.41, 5.74) is 1.54. The molecule has 1 fully saturated rings. The zero-order valence-electron chi connectivity index (χ0n) is 17.4. The molecule has 4 rings (SSSR count). The average Bonchev–Trinajstić information content (AvgIpc) is 3.00. The van der Waals surface area contributed by atoms with E-state index in [0.717, 1.165) is 10.5 Å². The minimum absolute atomic E-state index is 0.0567. The smallest absolute Gasteiger partial charge is 0.262 e. The Balaban J connectivity index is 1.62. The van der Waals surface area contributed by atoms with Gasteiger partial charge in [0.2, 0.25) is 5.91 Å². The third kappa shape index (κ3) is 2.93. The predicted molar refractivity (Wildman–Crippen MR) is 109 cm³/mol. The number of ether oxygens (including phenoxy) is 2. The van der Waals surface area contributed by atoms with Gasteiger partial charge in [0.1, 0.15) is 17.5 Å². The summed E-state index contributed by atoms with van der Waals surface area (Å²) in [6, 6.07) is 11.1. The number of carbonyl (C=O) groups is 3. The van der Waals surface area contributed by atoms with Gasteiger partial charge in [-0.1, -0.05) is 26.0 Å². The number of benzene rings is 2. The van der Waals surface area contributed by atoms with Gasteiger partial charge in [0.05, 0.1) is 31.4 Å². The topological polar surface area (TPSA) is 76.2 Å². The van der Waals surface area contributed by atoms with Crippen molar-refractivity contribution < 1.29 is 23.9 Å². The first-order valence-electron chi connectivity index (χ1n) is 9.87. The molecular formula is C23H24N2O5. The summed E-state index contributed by atoms with van der Waals surface area (Å²) in [6.07, 6.45) is 0. The Bertz CT molecular complexity index is 997. The van der Waals surface area contributed by atoms with E-state index in [9.17, 15) is 14.4 Å². The molecule has 7 nitrogen and oxygen atoms in total. The molecule has 0 aromatic heterocycles. The van der Waals surface area contributed by atoms with E-state index in [0.29, 0.717) is 29.2 Å². The van der Waals surface area contributed by atoms with Gasteiger partial charge < -0.3 is 14.4 Å². The van der Waals surface area contributed by atoms with E-state index in [4.69, 9.17) is 9.47 Å². The lowest BCUT2D eigenvalue weighted by molar-refractivity contribution is -0.160. The van der Waals surface area contributed by atoms with Gasteiger partial charge in [0.25, 0.3) is 11.8 Å². The average molecular weight is 408 g/mol. The lowest BCUT2D eigenvalue weighted by atomic mass is 9.84. The van der Waals surface area contributed by atoms with Crippen molar-refractivity contribution in [2.24, 2.45) is 5.92 Å². The first-order valence-corrected chi connectivity index (χ1v) is 9.87. The van der Waals surface area contributed by atoms with Crippen molar-refractivity contribution in [3.8, 4) is 11.5 Å². The molecule has 0 radical (unpaired) electrons. The van der Waals surface area contributed by atoms with Crippen LogP contribution in [0.2, 0.25) is 0 Å². The highest BCUT2D eigenvalue weighted by Crippen LogP contribution is 2.38. The summed E-state index contributed by atoms with van der Waals surface area (Å²) in [6.45, 7) is 4.30. The molecule has 0 spiro atoms. The van der Waals surface area contributed by atoms with Crippen molar-refractivity contribution >= 4 is 17.7 Å². The molecule has 0 aliphatic carbocycles. The Labute approximate surface area is 175 Å². The highest BCUT2D eigenvalue weighted by molar-refractivity contribution is 6.23. The number of carbonyl (C=O) groups excluding carboxylic acids is 3. The van der Waals surface area contributed by atoms with Gasteiger partial charge in [-0.25, -0.2) is 0 Å². The standard InChI is InChI=1S/C23H24N2O5/c1-13(2)19-20(25-21(26)16-7-5-6-8-17(16)22(25)27)23(28)24(19)12-14-9-10-15(29-3)11-18(14)30-4/h5-11,13,19-20H,12H2,1-4H3/t19-,20+/m0/s1. The SMILES string of the molecule is COc1ccc(CN2C(=O)[C@H](N3C(=O)c4ccccc4C3=O)[C@@H]2C(C)C)c(OC)c1. The molecule has 7 heteroatoms. The van der Waals surface area contributed by atoms with Crippen molar-refractivity contribution in [1.82, 2.24) is 9.80 Å². The second-order valence-corrected chi connectivity index (χ2v) is 7.85. The fourth-order valence-electron chi connectivity index (χ4n) is 4.35. The maximum absolute atomic E-state index is 13.1. The molecule has 2 heterocycles. The number of nitrogens with zero attached hydrogens (tertiary/aromatic N) is 2. The molecule has 156 valence electrons. The first kappa shape index (κ1) is 19.9. The molecule has 2 aromatic carbocycles. The van der Waals surface area contributed by atoms with Crippen LogP contribution in [-0.2, 0) is 11.3 Å². The third-order valence-corrected chi connectivity index (χ3v) is 5.84. The van der Waals surface area contributed by atoms with Gasteiger partial charge in [0.15, 0.2) is 0 Å². The molecule has 0 saturated carbocycles. The molecule has 2 aliphatic rings. The fourth-order valence-corrected chi connectivity index (χ4v) is 4.35. The van der Waals surface area contributed by atoms with Crippen LogP contribution in [0.25, 0.3) is 0 Å². The second-order valence-electron chi connectivity index (χ2n) is 7.85. The van der Waals surface area contributed by atoms with Crippen molar-refractivity contribution in [3.63, 3.8) is 0 Å². The minimum atomic E-state index is -0.790. The first-order chi connectivity index (χ1) is 14.4. The zero-order chi connectivity index (χ0) is 21.6. The molecule has 2 atom stereocenters. The van der Waals surface area contributed by atoms with E-state index in [-0.39, 0.29) is 17.9 Å². The number of fused-ring (bicyclic) bond motifs is 1. The third-order valence-electron chi connectivity index (χ3n) is 5.84. The molecule has 0 unspecified atom stereocenters. The van der Waals surface area contributed by atoms with Gasteiger partial charge in [-0.2, -0.15) is 0 Å². The van der Waals surface area contributed by atoms with Crippen molar-refractivity contribution in [2.75, 3.05) is 14.2 Å². The summed E-state index contributed by atoms with van der Waals surface area (Å²) >= 11 is 0. The van der Waals surface area contributed by atoms with Crippen molar-refractivity contribution in [2.45, 2.75) is 32.5 Å². The molecular weight excluding hydrogens is 384 g/mol. The van der Waals surface area contributed by atoms with E-state index >= 15 is 0 Å². The minimum Gasteiger partial charge on any atom is -0.497 e. The number of methoxy groups -OCH3 is 2. The Kier molecular flexibility index (Phi) is 4.97. The van der Waals surface area contributed by atoms with E-state index in [1.807, 2.05) is 26.0 Å². The van der Waals surface area contributed by atoms with E-state index in [2.05, 4.69) is 0 Å². The number of rotatable bonds is 6. The van der Waals surface area contributed by atoms with Gasteiger partial charge in [-0.3, -0.25) is 19.3 Å². The van der Waals surface area contributed by atoms with E-state index < -0.39 is 17.9 Å². The largest absolute Gasteiger partial charge is 0.497 e. The molecule has 30 heavy (non-hydrogen) atoms. The lowest BCUT2D eigenvalue weighted by Gasteiger charge is -2.51. The normalized spacial score (nSPS) is 20.5. The molecule has 2 aromatic rings. The summed E-state index contributed by atoms with van der Waals surface area (Å²) in [5, 5.41) is 0.